The van der Waals surface area contributed by atoms with E-state index in [0.717, 1.165) is 33.3 Å². The minimum absolute atomic E-state index is 0.0693. The lowest BCUT2D eigenvalue weighted by Crippen LogP contribution is -2.29. The van der Waals surface area contributed by atoms with Crippen molar-refractivity contribution in [2.24, 2.45) is 0 Å². The summed E-state index contributed by atoms with van der Waals surface area (Å²) in [6.45, 7) is 10.5. The first-order chi connectivity index (χ1) is 10.8. The van der Waals surface area contributed by atoms with Gasteiger partial charge in [-0.25, -0.2) is 0 Å². The first-order valence-corrected chi connectivity index (χ1v) is 8.02. The van der Waals surface area contributed by atoms with Crippen molar-refractivity contribution in [1.29, 1.82) is 0 Å². The molecule has 2 heteroatoms. The molecule has 0 saturated carbocycles. The molecule has 2 aromatic carbocycles. The van der Waals surface area contributed by atoms with Crippen LogP contribution in [-0.4, -0.2) is 4.57 Å². The van der Waals surface area contributed by atoms with E-state index in [2.05, 4.69) is 39.8 Å². The Hall–Kier alpha value is -2.35. The molecular formula is C21H23NO. The zero-order chi connectivity index (χ0) is 16.8. The second kappa shape index (κ2) is 5.38. The first kappa shape index (κ1) is 15.5. The highest BCUT2D eigenvalue weighted by Gasteiger charge is 2.22. The molecule has 118 valence electrons. The zero-order valence-corrected chi connectivity index (χ0v) is 14.5. The minimum atomic E-state index is -0.126. The van der Waals surface area contributed by atoms with E-state index in [1.807, 2.05) is 47.9 Å². The van der Waals surface area contributed by atoms with Gasteiger partial charge in [-0.1, -0.05) is 57.2 Å². The van der Waals surface area contributed by atoms with Crippen molar-refractivity contribution in [3.8, 4) is 5.69 Å². The summed E-state index contributed by atoms with van der Waals surface area (Å²) in [7, 11) is 0. The number of pyridine rings is 1. The lowest BCUT2D eigenvalue weighted by molar-refractivity contribution is 0.549. The van der Waals surface area contributed by atoms with Crippen molar-refractivity contribution in [2.75, 3.05) is 0 Å². The van der Waals surface area contributed by atoms with Gasteiger partial charge in [-0.15, -0.1) is 0 Å². The second-order valence-corrected chi connectivity index (χ2v) is 7.25. The summed E-state index contributed by atoms with van der Waals surface area (Å²) >= 11 is 0. The van der Waals surface area contributed by atoms with Crippen molar-refractivity contribution < 1.29 is 0 Å². The number of fused-ring (bicyclic) bond motifs is 1. The Labute approximate surface area is 137 Å². The number of nitrogens with zero attached hydrogens (tertiary/aromatic N) is 1. The van der Waals surface area contributed by atoms with E-state index in [1.165, 1.54) is 0 Å². The molecule has 0 spiro atoms. The van der Waals surface area contributed by atoms with Gasteiger partial charge < -0.3 is 0 Å². The largest absolute Gasteiger partial charge is 0.280 e. The maximum Gasteiger partial charge on any atom is 0.263 e. The molecule has 0 amide bonds. The predicted molar refractivity (Wildman–Crippen MR) is 97.7 cm³/mol. The molecule has 0 aliphatic rings. The van der Waals surface area contributed by atoms with Gasteiger partial charge in [-0.05, 0) is 42.5 Å². The van der Waals surface area contributed by atoms with Crippen LogP contribution in [0.4, 0.5) is 0 Å². The van der Waals surface area contributed by atoms with Gasteiger partial charge in [0.1, 0.15) is 0 Å². The molecule has 2 nitrogen and oxygen atoms in total. The van der Waals surface area contributed by atoms with Gasteiger partial charge in [-0.3, -0.25) is 9.36 Å². The highest BCUT2D eigenvalue weighted by Crippen LogP contribution is 2.28. The number of hydrogen-bond donors (Lipinski definition) is 0. The third-order valence-electron chi connectivity index (χ3n) is 4.38. The maximum atomic E-state index is 13.3. The molecule has 0 aliphatic heterocycles. The van der Waals surface area contributed by atoms with E-state index < -0.39 is 0 Å². The SMILES string of the molecule is Cc1ccccc1-n1c(C(C)(C)C)cc2cccc(C)c2c1=O. The van der Waals surface area contributed by atoms with Crippen LogP contribution in [0.3, 0.4) is 0 Å². The highest BCUT2D eigenvalue weighted by molar-refractivity contribution is 5.85. The average Bonchev–Trinajstić information content (AvgIpc) is 2.47. The molecule has 0 radical (unpaired) electrons. The van der Waals surface area contributed by atoms with Crippen LogP contribution in [0.2, 0.25) is 0 Å². The topological polar surface area (TPSA) is 22.0 Å². The molecule has 0 bridgehead atoms. The molecular weight excluding hydrogens is 282 g/mol. The summed E-state index contributed by atoms with van der Waals surface area (Å²) < 4.78 is 1.89. The van der Waals surface area contributed by atoms with Gasteiger partial charge in [0, 0.05) is 11.1 Å². The van der Waals surface area contributed by atoms with Crippen LogP contribution in [0, 0.1) is 13.8 Å². The molecule has 23 heavy (non-hydrogen) atoms. The van der Waals surface area contributed by atoms with E-state index in [1.54, 1.807) is 0 Å². The minimum Gasteiger partial charge on any atom is -0.280 e. The third-order valence-corrected chi connectivity index (χ3v) is 4.38. The van der Waals surface area contributed by atoms with E-state index in [4.69, 9.17) is 0 Å². The monoisotopic (exact) mass is 305 g/mol. The Balaban J connectivity index is 2.53. The Morgan fingerprint density at radius 3 is 2.17 bits per heavy atom. The van der Waals surface area contributed by atoms with E-state index >= 15 is 0 Å². The fourth-order valence-electron chi connectivity index (χ4n) is 3.14. The molecule has 0 saturated heterocycles. The van der Waals surface area contributed by atoms with E-state index in [0.29, 0.717) is 0 Å². The summed E-state index contributed by atoms with van der Waals surface area (Å²) in [5, 5.41) is 1.83. The van der Waals surface area contributed by atoms with Crippen molar-refractivity contribution >= 4 is 10.8 Å². The number of rotatable bonds is 1. The Morgan fingerprint density at radius 1 is 0.870 bits per heavy atom. The van der Waals surface area contributed by atoms with Gasteiger partial charge in [0.05, 0.1) is 11.1 Å². The fourth-order valence-corrected chi connectivity index (χ4v) is 3.14. The molecule has 0 fully saturated rings. The summed E-state index contributed by atoms with van der Waals surface area (Å²) in [5.74, 6) is 0. The molecule has 3 aromatic rings. The number of benzene rings is 2. The van der Waals surface area contributed by atoms with Crippen molar-refractivity contribution in [1.82, 2.24) is 4.57 Å². The molecule has 0 N–H and O–H groups in total. The van der Waals surface area contributed by atoms with Gasteiger partial charge in [-0.2, -0.15) is 0 Å². The maximum absolute atomic E-state index is 13.3. The highest BCUT2D eigenvalue weighted by atomic mass is 16.1. The fraction of sp³-hybridized carbons (Fsp3) is 0.286. The van der Waals surface area contributed by atoms with Crippen LogP contribution < -0.4 is 5.56 Å². The van der Waals surface area contributed by atoms with Gasteiger partial charge in [0.25, 0.3) is 5.56 Å². The molecule has 1 heterocycles. The molecule has 0 aliphatic carbocycles. The summed E-state index contributed by atoms with van der Waals surface area (Å²) in [6, 6.07) is 16.3. The second-order valence-electron chi connectivity index (χ2n) is 7.25. The number of aryl methyl sites for hydroxylation is 2. The standard InChI is InChI=1S/C21H23NO/c1-14-9-6-7-12-17(14)22-18(21(3,4)5)13-16-11-8-10-15(2)19(16)20(22)23/h6-13H,1-5H3. The molecule has 0 unspecified atom stereocenters. The smallest absolute Gasteiger partial charge is 0.263 e. The Bertz CT molecular complexity index is 942. The van der Waals surface area contributed by atoms with Gasteiger partial charge in [0.15, 0.2) is 0 Å². The number of para-hydroxylation sites is 1. The summed E-state index contributed by atoms with van der Waals surface area (Å²) in [6.07, 6.45) is 0. The lowest BCUT2D eigenvalue weighted by Gasteiger charge is -2.26. The van der Waals surface area contributed by atoms with E-state index in [9.17, 15) is 4.79 Å². The summed E-state index contributed by atoms with van der Waals surface area (Å²) in [5.41, 5.74) is 4.07. The molecule has 1 aromatic heterocycles. The van der Waals surface area contributed by atoms with Crippen molar-refractivity contribution in [3.63, 3.8) is 0 Å². The first-order valence-electron chi connectivity index (χ1n) is 8.02. The van der Waals surface area contributed by atoms with Gasteiger partial charge >= 0.3 is 0 Å². The van der Waals surface area contributed by atoms with Crippen LogP contribution in [0.25, 0.3) is 16.5 Å². The number of aromatic nitrogens is 1. The quantitative estimate of drug-likeness (QED) is 0.626. The van der Waals surface area contributed by atoms with Crippen LogP contribution >= 0.6 is 0 Å². The molecule has 0 atom stereocenters. The Morgan fingerprint density at radius 2 is 1.52 bits per heavy atom. The van der Waals surface area contributed by atoms with Crippen LogP contribution in [-0.2, 0) is 5.41 Å². The van der Waals surface area contributed by atoms with Crippen molar-refractivity contribution in [2.45, 2.75) is 40.0 Å². The third kappa shape index (κ3) is 2.59. The lowest BCUT2D eigenvalue weighted by atomic mass is 9.89. The predicted octanol–water partition coefficient (Wildman–Crippen LogP) is 4.91. The Kier molecular flexibility index (Phi) is 3.63. The van der Waals surface area contributed by atoms with Gasteiger partial charge in [0.2, 0.25) is 0 Å². The average molecular weight is 305 g/mol. The summed E-state index contributed by atoms with van der Waals surface area (Å²) in [4.78, 5) is 13.3. The van der Waals surface area contributed by atoms with Crippen LogP contribution in [0.15, 0.2) is 53.3 Å². The molecule has 3 rings (SSSR count). The zero-order valence-electron chi connectivity index (χ0n) is 14.5. The van der Waals surface area contributed by atoms with E-state index in [-0.39, 0.29) is 11.0 Å². The van der Waals surface area contributed by atoms with Crippen LogP contribution in [0.1, 0.15) is 37.6 Å². The van der Waals surface area contributed by atoms with Crippen molar-refractivity contribution in [3.05, 3.63) is 75.7 Å². The normalized spacial score (nSPS) is 11.9. The van der Waals surface area contributed by atoms with Crippen LogP contribution in [0.5, 0.6) is 0 Å². The number of hydrogen-bond acceptors (Lipinski definition) is 1.